The molecule has 1 heterocycles. The monoisotopic (exact) mass is 171 g/mol. The first-order valence-electron chi connectivity index (χ1n) is 4.58. The Morgan fingerprint density at radius 2 is 2.25 bits per heavy atom. The highest BCUT2D eigenvalue weighted by Crippen LogP contribution is 2.17. The van der Waals surface area contributed by atoms with Crippen LogP contribution in [0.4, 0.5) is 4.79 Å². The van der Waals surface area contributed by atoms with Crippen molar-refractivity contribution in [1.29, 1.82) is 0 Å². The molecule has 0 radical (unpaired) electrons. The van der Waals surface area contributed by atoms with Crippen LogP contribution in [-0.2, 0) is 4.74 Å². The van der Waals surface area contributed by atoms with Crippen LogP contribution in [0, 0.1) is 0 Å². The summed E-state index contributed by atoms with van der Waals surface area (Å²) in [7, 11) is 0. The van der Waals surface area contributed by atoms with Crippen LogP contribution >= 0.6 is 0 Å². The van der Waals surface area contributed by atoms with Gasteiger partial charge in [-0.25, -0.2) is 4.79 Å². The number of carbonyl (C=O) groups is 1. The fourth-order valence-corrected chi connectivity index (χ4v) is 1.47. The lowest BCUT2D eigenvalue weighted by molar-refractivity contribution is 0.0752. The lowest BCUT2D eigenvalue weighted by atomic mass is 10.2. The van der Waals surface area contributed by atoms with Crippen LogP contribution in [0.5, 0.6) is 0 Å². The number of ether oxygens (including phenoxy) is 1. The van der Waals surface area contributed by atoms with Gasteiger partial charge in [0.2, 0.25) is 0 Å². The Bertz CT molecular complexity index is 168. The molecule has 0 aromatic heterocycles. The third-order valence-electron chi connectivity index (χ3n) is 2.12. The summed E-state index contributed by atoms with van der Waals surface area (Å²) < 4.78 is 5.09. The molecule has 1 rings (SSSR count). The summed E-state index contributed by atoms with van der Waals surface area (Å²) in [6, 6.07) is 0.358. The molecule has 0 aromatic carbocycles. The topological polar surface area (TPSA) is 29.5 Å². The standard InChI is InChI=1S/C9H17NO2/c1-7(2)12-9(11)10-6-4-5-8(10)3/h7-8H,4-6H2,1-3H3/t8-/m1/s1. The van der Waals surface area contributed by atoms with Crippen LogP contribution < -0.4 is 0 Å². The maximum atomic E-state index is 11.4. The number of nitrogens with zero attached hydrogens (tertiary/aromatic N) is 1. The molecule has 1 atom stereocenters. The molecule has 0 saturated carbocycles. The van der Waals surface area contributed by atoms with Crippen molar-refractivity contribution in [3.8, 4) is 0 Å². The number of amides is 1. The molecule has 0 aromatic rings. The first-order valence-corrected chi connectivity index (χ1v) is 4.58. The van der Waals surface area contributed by atoms with Crippen molar-refractivity contribution in [2.24, 2.45) is 0 Å². The number of hydrogen-bond acceptors (Lipinski definition) is 2. The Hall–Kier alpha value is -0.730. The Balaban J connectivity index is 2.41. The van der Waals surface area contributed by atoms with Crippen molar-refractivity contribution >= 4 is 6.09 Å². The lowest BCUT2D eigenvalue weighted by Gasteiger charge is -2.21. The third kappa shape index (κ3) is 2.13. The summed E-state index contributed by atoms with van der Waals surface area (Å²) in [5.41, 5.74) is 0. The van der Waals surface area contributed by atoms with Gasteiger partial charge in [0.15, 0.2) is 0 Å². The lowest BCUT2D eigenvalue weighted by Crippen LogP contribution is -2.35. The second-order valence-electron chi connectivity index (χ2n) is 3.62. The molecule has 3 nitrogen and oxygen atoms in total. The number of carbonyl (C=O) groups excluding carboxylic acids is 1. The van der Waals surface area contributed by atoms with E-state index in [9.17, 15) is 4.79 Å². The summed E-state index contributed by atoms with van der Waals surface area (Å²) in [6.45, 7) is 6.67. The number of rotatable bonds is 1. The Labute approximate surface area is 73.7 Å². The molecular formula is C9H17NO2. The SMILES string of the molecule is CC(C)OC(=O)N1CCC[C@H]1C. The van der Waals surface area contributed by atoms with Crippen LogP contribution in [0.2, 0.25) is 0 Å². The first-order chi connectivity index (χ1) is 5.61. The minimum Gasteiger partial charge on any atom is -0.447 e. The molecule has 70 valence electrons. The molecule has 0 spiro atoms. The third-order valence-corrected chi connectivity index (χ3v) is 2.12. The van der Waals surface area contributed by atoms with Crippen molar-refractivity contribution < 1.29 is 9.53 Å². The van der Waals surface area contributed by atoms with E-state index in [1.807, 2.05) is 13.8 Å². The van der Waals surface area contributed by atoms with E-state index in [0.717, 1.165) is 19.4 Å². The van der Waals surface area contributed by atoms with E-state index < -0.39 is 0 Å². The maximum Gasteiger partial charge on any atom is 0.410 e. The van der Waals surface area contributed by atoms with Gasteiger partial charge in [-0.3, -0.25) is 0 Å². The normalized spacial score (nSPS) is 23.3. The fourth-order valence-electron chi connectivity index (χ4n) is 1.47. The van der Waals surface area contributed by atoms with Crippen LogP contribution in [0.3, 0.4) is 0 Å². The van der Waals surface area contributed by atoms with Crippen molar-refractivity contribution in [2.75, 3.05) is 6.54 Å². The highest BCUT2D eigenvalue weighted by Gasteiger charge is 2.26. The Morgan fingerprint density at radius 3 is 2.67 bits per heavy atom. The average molecular weight is 171 g/mol. The molecule has 3 heteroatoms. The van der Waals surface area contributed by atoms with Gasteiger partial charge in [-0.05, 0) is 33.6 Å². The van der Waals surface area contributed by atoms with Gasteiger partial charge in [0.25, 0.3) is 0 Å². The van der Waals surface area contributed by atoms with Crippen molar-refractivity contribution in [2.45, 2.75) is 45.8 Å². The van der Waals surface area contributed by atoms with Gasteiger partial charge in [-0.2, -0.15) is 0 Å². The van der Waals surface area contributed by atoms with Crippen molar-refractivity contribution in [3.05, 3.63) is 0 Å². The fraction of sp³-hybridized carbons (Fsp3) is 0.889. The average Bonchev–Trinajstić information content (AvgIpc) is 2.33. The molecule has 0 aliphatic carbocycles. The zero-order valence-electron chi connectivity index (χ0n) is 8.04. The zero-order chi connectivity index (χ0) is 9.14. The van der Waals surface area contributed by atoms with E-state index in [0.29, 0.717) is 6.04 Å². The van der Waals surface area contributed by atoms with Crippen LogP contribution in [-0.4, -0.2) is 29.7 Å². The van der Waals surface area contributed by atoms with Crippen LogP contribution in [0.25, 0.3) is 0 Å². The van der Waals surface area contributed by atoms with E-state index >= 15 is 0 Å². The molecule has 1 amide bonds. The van der Waals surface area contributed by atoms with Gasteiger partial charge in [0.1, 0.15) is 0 Å². The second-order valence-corrected chi connectivity index (χ2v) is 3.62. The molecule has 1 fully saturated rings. The summed E-state index contributed by atoms with van der Waals surface area (Å²) in [5.74, 6) is 0. The van der Waals surface area contributed by atoms with E-state index in [-0.39, 0.29) is 12.2 Å². The number of likely N-dealkylation sites (tertiary alicyclic amines) is 1. The van der Waals surface area contributed by atoms with Gasteiger partial charge in [-0.1, -0.05) is 0 Å². The molecule has 0 unspecified atom stereocenters. The van der Waals surface area contributed by atoms with E-state index in [4.69, 9.17) is 4.74 Å². The van der Waals surface area contributed by atoms with Gasteiger partial charge >= 0.3 is 6.09 Å². The highest BCUT2D eigenvalue weighted by molar-refractivity contribution is 5.68. The quantitative estimate of drug-likeness (QED) is 0.604. The highest BCUT2D eigenvalue weighted by atomic mass is 16.6. The first kappa shape index (κ1) is 9.36. The van der Waals surface area contributed by atoms with Crippen molar-refractivity contribution in [1.82, 2.24) is 4.90 Å². The smallest absolute Gasteiger partial charge is 0.410 e. The zero-order valence-corrected chi connectivity index (χ0v) is 8.04. The van der Waals surface area contributed by atoms with Crippen molar-refractivity contribution in [3.63, 3.8) is 0 Å². The molecular weight excluding hydrogens is 154 g/mol. The summed E-state index contributed by atoms with van der Waals surface area (Å²) in [4.78, 5) is 13.2. The molecule has 1 saturated heterocycles. The van der Waals surface area contributed by atoms with Gasteiger partial charge in [0.05, 0.1) is 6.10 Å². The Morgan fingerprint density at radius 1 is 1.58 bits per heavy atom. The second kappa shape index (κ2) is 3.78. The predicted molar refractivity (Wildman–Crippen MR) is 47.0 cm³/mol. The van der Waals surface area contributed by atoms with Gasteiger partial charge in [-0.15, -0.1) is 0 Å². The van der Waals surface area contributed by atoms with E-state index in [2.05, 4.69) is 6.92 Å². The predicted octanol–water partition coefficient (Wildman–Crippen LogP) is 2.02. The molecule has 0 bridgehead atoms. The number of hydrogen-bond donors (Lipinski definition) is 0. The van der Waals surface area contributed by atoms with E-state index in [1.54, 1.807) is 4.90 Å². The molecule has 1 aliphatic heterocycles. The van der Waals surface area contributed by atoms with E-state index in [1.165, 1.54) is 0 Å². The van der Waals surface area contributed by atoms with Gasteiger partial charge < -0.3 is 9.64 Å². The molecule has 12 heavy (non-hydrogen) atoms. The molecule has 1 aliphatic rings. The minimum absolute atomic E-state index is 0.00898. The summed E-state index contributed by atoms with van der Waals surface area (Å²) in [5, 5.41) is 0. The van der Waals surface area contributed by atoms with Crippen LogP contribution in [0.1, 0.15) is 33.6 Å². The molecule has 0 N–H and O–H groups in total. The minimum atomic E-state index is -0.157. The Kier molecular flexibility index (Phi) is 2.95. The maximum absolute atomic E-state index is 11.4. The van der Waals surface area contributed by atoms with Gasteiger partial charge in [0, 0.05) is 12.6 Å². The summed E-state index contributed by atoms with van der Waals surface area (Å²) in [6.07, 6.45) is 2.04. The summed E-state index contributed by atoms with van der Waals surface area (Å²) >= 11 is 0. The largest absolute Gasteiger partial charge is 0.447 e. The van der Waals surface area contributed by atoms with Crippen LogP contribution in [0.15, 0.2) is 0 Å².